The second-order valence-corrected chi connectivity index (χ2v) is 5.54. The van der Waals surface area contributed by atoms with E-state index < -0.39 is 0 Å². The fraction of sp³-hybridized carbons (Fsp3) is 0.278. The lowest BCUT2D eigenvalue weighted by Gasteiger charge is -2.26. The molecular formula is C18H18O3. The fourth-order valence-electron chi connectivity index (χ4n) is 3.23. The largest absolute Gasteiger partial charge is 0.463 e. The first-order valence-electron chi connectivity index (χ1n) is 7.12. The lowest BCUT2D eigenvalue weighted by atomic mass is 9.77. The molecule has 0 fully saturated rings. The second kappa shape index (κ2) is 5.34. The maximum absolute atomic E-state index is 12.0. The van der Waals surface area contributed by atoms with E-state index in [0.717, 1.165) is 11.1 Å². The lowest BCUT2D eigenvalue weighted by molar-refractivity contribution is -0.145. The highest BCUT2D eigenvalue weighted by Gasteiger charge is 2.40. The van der Waals surface area contributed by atoms with Gasteiger partial charge in [0.1, 0.15) is 6.61 Å². The van der Waals surface area contributed by atoms with Crippen LogP contribution in [0.4, 0.5) is 0 Å². The molecule has 0 heterocycles. The molecule has 1 N–H and O–H groups in total. The highest BCUT2D eigenvalue weighted by Crippen LogP contribution is 2.50. The first-order chi connectivity index (χ1) is 10.2. The van der Waals surface area contributed by atoms with Gasteiger partial charge in [-0.25, -0.2) is 0 Å². The molecule has 3 nitrogen and oxygen atoms in total. The van der Waals surface area contributed by atoms with Gasteiger partial charge in [0.2, 0.25) is 0 Å². The summed E-state index contributed by atoms with van der Waals surface area (Å²) in [6.07, 6.45) is 0.279. The second-order valence-electron chi connectivity index (χ2n) is 5.54. The van der Waals surface area contributed by atoms with Crippen molar-refractivity contribution in [1.29, 1.82) is 0 Å². The molecule has 3 rings (SSSR count). The number of ether oxygens (including phenoxy) is 1. The Bertz CT molecular complexity index is 630. The Morgan fingerprint density at radius 1 is 1.05 bits per heavy atom. The Labute approximate surface area is 124 Å². The molecule has 0 unspecified atom stereocenters. The summed E-state index contributed by atoms with van der Waals surface area (Å²) in [5.41, 5.74) is 4.31. The van der Waals surface area contributed by atoms with Crippen molar-refractivity contribution in [2.45, 2.75) is 18.8 Å². The van der Waals surface area contributed by atoms with Crippen molar-refractivity contribution in [2.75, 3.05) is 13.2 Å². The van der Waals surface area contributed by atoms with Crippen molar-refractivity contribution in [3.05, 3.63) is 59.7 Å². The predicted octanol–water partition coefficient (Wildman–Crippen LogP) is 2.90. The van der Waals surface area contributed by atoms with Crippen LogP contribution < -0.4 is 0 Å². The van der Waals surface area contributed by atoms with Crippen LogP contribution in [-0.2, 0) is 14.9 Å². The number of hydrogen-bond donors (Lipinski definition) is 1. The van der Waals surface area contributed by atoms with E-state index in [1.54, 1.807) is 0 Å². The van der Waals surface area contributed by atoms with Crippen molar-refractivity contribution in [3.8, 4) is 11.1 Å². The number of fused-ring (bicyclic) bond motifs is 3. The number of carbonyl (C=O) groups is 1. The van der Waals surface area contributed by atoms with Gasteiger partial charge in [0.15, 0.2) is 0 Å². The van der Waals surface area contributed by atoms with E-state index in [0.29, 0.717) is 0 Å². The van der Waals surface area contributed by atoms with Crippen LogP contribution in [0.1, 0.15) is 24.5 Å². The maximum atomic E-state index is 12.0. The van der Waals surface area contributed by atoms with Crippen LogP contribution in [0, 0.1) is 0 Å². The van der Waals surface area contributed by atoms with Crippen LogP contribution in [0.15, 0.2) is 48.5 Å². The van der Waals surface area contributed by atoms with Crippen molar-refractivity contribution < 1.29 is 14.6 Å². The van der Waals surface area contributed by atoms with Gasteiger partial charge in [-0.2, -0.15) is 0 Å². The molecule has 1 aliphatic rings. The van der Waals surface area contributed by atoms with E-state index in [1.807, 2.05) is 24.3 Å². The predicted molar refractivity (Wildman–Crippen MR) is 81.0 cm³/mol. The van der Waals surface area contributed by atoms with Crippen molar-refractivity contribution in [2.24, 2.45) is 0 Å². The average molecular weight is 282 g/mol. The molecule has 0 bridgehead atoms. The van der Waals surface area contributed by atoms with Crippen LogP contribution in [0.5, 0.6) is 0 Å². The van der Waals surface area contributed by atoms with Gasteiger partial charge in [-0.1, -0.05) is 55.5 Å². The van der Waals surface area contributed by atoms with E-state index in [2.05, 4.69) is 31.2 Å². The molecular weight excluding hydrogens is 264 g/mol. The van der Waals surface area contributed by atoms with Crippen LogP contribution >= 0.6 is 0 Å². The molecule has 0 spiro atoms. The Kier molecular flexibility index (Phi) is 3.52. The molecule has 0 aromatic heterocycles. The summed E-state index contributed by atoms with van der Waals surface area (Å²) in [7, 11) is 0. The SMILES string of the molecule is CC1(CC(=O)OCCO)c2ccccc2-c2ccccc21. The van der Waals surface area contributed by atoms with Gasteiger partial charge in [0, 0.05) is 5.41 Å². The number of esters is 1. The number of carbonyl (C=O) groups excluding carboxylic acids is 1. The Morgan fingerprint density at radius 2 is 1.57 bits per heavy atom. The third-order valence-electron chi connectivity index (χ3n) is 4.19. The first kappa shape index (κ1) is 13.8. The van der Waals surface area contributed by atoms with Gasteiger partial charge >= 0.3 is 5.97 Å². The van der Waals surface area contributed by atoms with E-state index in [4.69, 9.17) is 9.84 Å². The lowest BCUT2D eigenvalue weighted by Crippen LogP contribution is -2.26. The zero-order chi connectivity index (χ0) is 14.9. The highest BCUT2D eigenvalue weighted by molar-refractivity contribution is 5.84. The average Bonchev–Trinajstić information content (AvgIpc) is 2.76. The van der Waals surface area contributed by atoms with Gasteiger partial charge in [-0.05, 0) is 22.3 Å². The molecule has 1 aliphatic carbocycles. The molecule has 3 heteroatoms. The van der Waals surface area contributed by atoms with Crippen molar-refractivity contribution >= 4 is 5.97 Å². The molecule has 0 radical (unpaired) electrons. The molecule has 21 heavy (non-hydrogen) atoms. The van der Waals surface area contributed by atoms with Gasteiger partial charge < -0.3 is 9.84 Å². The first-order valence-corrected chi connectivity index (χ1v) is 7.12. The summed E-state index contributed by atoms with van der Waals surface area (Å²) in [5, 5.41) is 8.78. The Hall–Kier alpha value is -2.13. The van der Waals surface area contributed by atoms with E-state index in [-0.39, 0.29) is 31.0 Å². The summed E-state index contributed by atoms with van der Waals surface area (Å²) in [5.74, 6) is -0.280. The van der Waals surface area contributed by atoms with E-state index >= 15 is 0 Å². The van der Waals surface area contributed by atoms with E-state index in [1.165, 1.54) is 11.1 Å². The van der Waals surface area contributed by atoms with Gasteiger partial charge in [-0.15, -0.1) is 0 Å². The molecule has 0 amide bonds. The van der Waals surface area contributed by atoms with Gasteiger partial charge in [0.05, 0.1) is 13.0 Å². The molecule has 0 atom stereocenters. The normalized spacial score (nSPS) is 14.4. The minimum atomic E-state index is -0.375. The van der Waals surface area contributed by atoms with Gasteiger partial charge in [0.25, 0.3) is 0 Å². The number of aliphatic hydroxyl groups is 1. The zero-order valence-corrected chi connectivity index (χ0v) is 12.0. The topological polar surface area (TPSA) is 46.5 Å². The van der Waals surface area contributed by atoms with Crippen LogP contribution in [-0.4, -0.2) is 24.3 Å². The van der Waals surface area contributed by atoms with Crippen LogP contribution in [0.25, 0.3) is 11.1 Å². The summed E-state index contributed by atoms with van der Waals surface area (Å²) in [6.45, 7) is 1.99. The van der Waals surface area contributed by atoms with Crippen molar-refractivity contribution in [1.82, 2.24) is 0 Å². The maximum Gasteiger partial charge on any atom is 0.307 e. The smallest absolute Gasteiger partial charge is 0.307 e. The van der Waals surface area contributed by atoms with Crippen molar-refractivity contribution in [3.63, 3.8) is 0 Å². The minimum absolute atomic E-state index is 0.0538. The van der Waals surface area contributed by atoms with Crippen LogP contribution in [0.3, 0.4) is 0 Å². The molecule has 0 aliphatic heterocycles. The standard InChI is InChI=1S/C18H18O3/c1-18(12-17(20)21-11-10-19)15-8-4-2-6-13(15)14-7-3-5-9-16(14)18/h2-9,19H,10-12H2,1H3. The molecule has 2 aromatic rings. The Balaban J connectivity index is 2.03. The number of hydrogen-bond acceptors (Lipinski definition) is 3. The number of rotatable bonds is 4. The summed E-state index contributed by atoms with van der Waals surface area (Å²) >= 11 is 0. The number of benzene rings is 2. The number of aliphatic hydroxyl groups excluding tert-OH is 1. The van der Waals surface area contributed by atoms with Gasteiger partial charge in [-0.3, -0.25) is 4.79 Å². The zero-order valence-electron chi connectivity index (χ0n) is 12.0. The molecule has 108 valence electrons. The van der Waals surface area contributed by atoms with Crippen LogP contribution in [0.2, 0.25) is 0 Å². The summed E-state index contributed by atoms with van der Waals surface area (Å²) in [4.78, 5) is 12.0. The van der Waals surface area contributed by atoms with E-state index in [9.17, 15) is 4.79 Å². The monoisotopic (exact) mass is 282 g/mol. The quantitative estimate of drug-likeness (QED) is 0.877. The third kappa shape index (κ3) is 2.24. The molecule has 0 saturated carbocycles. The minimum Gasteiger partial charge on any atom is -0.463 e. The molecule has 2 aromatic carbocycles. The fourth-order valence-corrected chi connectivity index (χ4v) is 3.23. The summed E-state index contributed by atoms with van der Waals surface area (Å²) < 4.78 is 5.06. The highest BCUT2D eigenvalue weighted by atomic mass is 16.5. The Morgan fingerprint density at radius 3 is 2.10 bits per heavy atom. The summed E-state index contributed by atoms with van der Waals surface area (Å²) in [6, 6.07) is 16.4. The molecule has 0 saturated heterocycles. The third-order valence-corrected chi connectivity index (χ3v) is 4.19.